The fraction of sp³-hybridized carbons (Fsp3) is 0.714. The molecule has 1 aromatic heterocycles. The van der Waals surface area contributed by atoms with Crippen molar-refractivity contribution in [1.29, 1.82) is 0 Å². The van der Waals surface area contributed by atoms with Crippen LogP contribution in [0.15, 0.2) is 12.4 Å². The Morgan fingerprint density at radius 3 is 3.00 bits per heavy atom. The molecular weight excluding hydrogens is 140 g/mol. The van der Waals surface area contributed by atoms with Gasteiger partial charge in [0.1, 0.15) is 0 Å². The third-order valence-corrected chi connectivity index (χ3v) is 1.48. The van der Waals surface area contributed by atoms with Crippen LogP contribution in [0.25, 0.3) is 0 Å². The summed E-state index contributed by atoms with van der Waals surface area (Å²) in [6.07, 6.45) is 7.16. The van der Waals surface area contributed by atoms with E-state index in [1.165, 1.54) is 19.3 Å². The van der Waals surface area contributed by atoms with Gasteiger partial charge in [-0.2, -0.15) is 4.79 Å². The first-order chi connectivity index (χ1) is 5.43. The first-order valence-corrected chi connectivity index (χ1v) is 4.03. The normalized spacial score (nSPS) is 9.91. The van der Waals surface area contributed by atoms with Crippen LogP contribution < -0.4 is 5.43 Å². The summed E-state index contributed by atoms with van der Waals surface area (Å²) in [5, 5.41) is 7.44. The molecule has 0 aliphatic heterocycles. The largest absolute Gasteiger partial charge is 0.309 e. The first kappa shape index (κ1) is 8.04. The van der Waals surface area contributed by atoms with Crippen molar-refractivity contribution in [1.82, 2.24) is 15.1 Å². The van der Waals surface area contributed by atoms with Crippen LogP contribution in [0.1, 0.15) is 26.2 Å². The summed E-state index contributed by atoms with van der Waals surface area (Å²) in [6, 6.07) is 0. The number of nitrogens with one attached hydrogen (secondary N) is 1. The molecule has 0 spiro atoms. The average Bonchev–Trinajstić information content (AvgIpc) is 2.50. The maximum Gasteiger partial charge on any atom is 0.0715 e. The Morgan fingerprint density at radius 2 is 2.36 bits per heavy atom. The van der Waals surface area contributed by atoms with Crippen LogP contribution in [0.3, 0.4) is 0 Å². The second-order valence-electron chi connectivity index (χ2n) is 2.46. The lowest BCUT2D eigenvalue weighted by Gasteiger charge is -2.02. The zero-order valence-corrected chi connectivity index (χ0v) is 6.82. The van der Waals surface area contributed by atoms with Crippen molar-refractivity contribution >= 4 is 0 Å². The average molecular weight is 154 g/mol. The number of hydrogen-bond donors (Lipinski definition) is 1. The zero-order valence-electron chi connectivity index (χ0n) is 6.82. The van der Waals surface area contributed by atoms with E-state index in [1.54, 1.807) is 17.2 Å². The van der Waals surface area contributed by atoms with Crippen molar-refractivity contribution in [2.75, 3.05) is 12.0 Å². The third kappa shape index (κ3) is 3.02. The molecule has 0 unspecified atom stereocenters. The second-order valence-corrected chi connectivity index (χ2v) is 2.46. The molecule has 0 bridgehead atoms. The fourth-order valence-corrected chi connectivity index (χ4v) is 0.861. The Kier molecular flexibility index (Phi) is 3.44. The highest BCUT2D eigenvalue weighted by Gasteiger charge is 1.87. The quantitative estimate of drug-likeness (QED) is 0.644. The first-order valence-electron chi connectivity index (χ1n) is 4.03. The summed E-state index contributed by atoms with van der Waals surface area (Å²) in [5.74, 6) is 0. The van der Waals surface area contributed by atoms with Gasteiger partial charge in [-0.05, 0) is 11.6 Å². The standard InChI is InChI=1S/C7H14N4/c1-2-3-4-5-9-11-7-6-8-10-11/h6-7,9H,2-5H2,1H3. The minimum Gasteiger partial charge on any atom is -0.309 e. The number of nitrogens with zero attached hydrogens (tertiary/aromatic N) is 3. The molecule has 1 rings (SSSR count). The molecule has 11 heavy (non-hydrogen) atoms. The van der Waals surface area contributed by atoms with Gasteiger partial charge in [-0.3, -0.25) is 0 Å². The van der Waals surface area contributed by atoms with Crippen LogP contribution in [-0.2, 0) is 0 Å². The van der Waals surface area contributed by atoms with Gasteiger partial charge in [0.2, 0.25) is 0 Å². The Bertz CT molecular complexity index is 171. The van der Waals surface area contributed by atoms with Crippen LogP contribution in [0, 0.1) is 0 Å². The molecule has 0 fully saturated rings. The smallest absolute Gasteiger partial charge is 0.0715 e. The van der Waals surface area contributed by atoms with Gasteiger partial charge >= 0.3 is 0 Å². The molecule has 1 N–H and O–H groups in total. The van der Waals surface area contributed by atoms with Crippen molar-refractivity contribution in [3.8, 4) is 0 Å². The SMILES string of the molecule is CCCCCNn1ccnn1. The Labute approximate surface area is 66.6 Å². The Hall–Kier alpha value is -1.06. The summed E-state index contributed by atoms with van der Waals surface area (Å²) in [4.78, 5) is 1.63. The minimum absolute atomic E-state index is 0.969. The predicted molar refractivity (Wildman–Crippen MR) is 43.8 cm³/mol. The summed E-state index contributed by atoms with van der Waals surface area (Å²) in [7, 11) is 0. The molecule has 0 saturated carbocycles. The highest BCUT2D eigenvalue weighted by Crippen LogP contribution is 1.91. The van der Waals surface area contributed by atoms with Gasteiger partial charge < -0.3 is 5.43 Å². The zero-order chi connectivity index (χ0) is 7.94. The van der Waals surface area contributed by atoms with Gasteiger partial charge in [0, 0.05) is 6.54 Å². The lowest BCUT2D eigenvalue weighted by atomic mass is 10.3. The number of unbranched alkanes of at least 4 members (excludes halogenated alkanes) is 2. The van der Waals surface area contributed by atoms with Crippen LogP contribution in [-0.4, -0.2) is 21.6 Å². The van der Waals surface area contributed by atoms with Gasteiger partial charge in [-0.25, -0.2) is 0 Å². The van der Waals surface area contributed by atoms with Crippen molar-refractivity contribution < 1.29 is 0 Å². The monoisotopic (exact) mass is 154 g/mol. The van der Waals surface area contributed by atoms with Gasteiger partial charge in [-0.1, -0.05) is 19.8 Å². The Morgan fingerprint density at radius 1 is 1.45 bits per heavy atom. The van der Waals surface area contributed by atoms with Crippen molar-refractivity contribution in [2.24, 2.45) is 0 Å². The molecular formula is C7H14N4. The highest BCUT2D eigenvalue weighted by atomic mass is 15.6. The molecule has 0 aromatic carbocycles. The minimum atomic E-state index is 0.969. The van der Waals surface area contributed by atoms with E-state index in [-0.39, 0.29) is 0 Å². The lowest BCUT2D eigenvalue weighted by Crippen LogP contribution is -2.16. The van der Waals surface area contributed by atoms with Gasteiger partial charge in [-0.15, -0.1) is 5.10 Å². The van der Waals surface area contributed by atoms with E-state index in [2.05, 4.69) is 22.7 Å². The highest BCUT2D eigenvalue weighted by molar-refractivity contribution is 4.70. The predicted octanol–water partition coefficient (Wildman–Crippen LogP) is 1.01. The van der Waals surface area contributed by atoms with Crippen molar-refractivity contribution in [3.63, 3.8) is 0 Å². The second kappa shape index (κ2) is 4.71. The molecule has 0 saturated heterocycles. The maximum absolute atomic E-state index is 3.77. The van der Waals surface area contributed by atoms with Gasteiger partial charge in [0.25, 0.3) is 0 Å². The topological polar surface area (TPSA) is 42.7 Å². The van der Waals surface area contributed by atoms with E-state index in [0.717, 1.165) is 6.54 Å². The van der Waals surface area contributed by atoms with E-state index < -0.39 is 0 Å². The van der Waals surface area contributed by atoms with Crippen molar-refractivity contribution in [3.05, 3.63) is 12.4 Å². The molecule has 1 aromatic rings. The van der Waals surface area contributed by atoms with Gasteiger partial charge in [0.15, 0.2) is 0 Å². The number of hydrogen-bond acceptors (Lipinski definition) is 3. The van der Waals surface area contributed by atoms with E-state index in [1.807, 2.05) is 0 Å². The molecule has 0 radical (unpaired) electrons. The number of rotatable bonds is 5. The van der Waals surface area contributed by atoms with E-state index in [0.29, 0.717) is 0 Å². The molecule has 0 aliphatic carbocycles. The summed E-state index contributed by atoms with van der Waals surface area (Å²) >= 11 is 0. The maximum atomic E-state index is 3.77. The third-order valence-electron chi connectivity index (χ3n) is 1.48. The molecule has 0 amide bonds. The van der Waals surface area contributed by atoms with Crippen LogP contribution in [0.5, 0.6) is 0 Å². The van der Waals surface area contributed by atoms with Crippen molar-refractivity contribution in [2.45, 2.75) is 26.2 Å². The summed E-state index contributed by atoms with van der Waals surface area (Å²) in [6.45, 7) is 3.16. The molecule has 4 nitrogen and oxygen atoms in total. The van der Waals surface area contributed by atoms with E-state index in [4.69, 9.17) is 0 Å². The van der Waals surface area contributed by atoms with E-state index >= 15 is 0 Å². The summed E-state index contributed by atoms with van der Waals surface area (Å²) in [5.41, 5.74) is 3.10. The van der Waals surface area contributed by atoms with Crippen LogP contribution >= 0.6 is 0 Å². The molecule has 4 heteroatoms. The molecule has 62 valence electrons. The van der Waals surface area contributed by atoms with E-state index in [9.17, 15) is 0 Å². The van der Waals surface area contributed by atoms with Gasteiger partial charge in [0.05, 0.1) is 12.4 Å². The number of aromatic nitrogens is 3. The molecule has 0 aliphatic rings. The van der Waals surface area contributed by atoms with Crippen LogP contribution in [0.4, 0.5) is 0 Å². The fourth-order valence-electron chi connectivity index (χ4n) is 0.861. The van der Waals surface area contributed by atoms with Crippen LogP contribution in [0.2, 0.25) is 0 Å². The lowest BCUT2D eigenvalue weighted by molar-refractivity contribution is 0.648. The summed E-state index contributed by atoms with van der Waals surface area (Å²) < 4.78 is 0. The molecule has 0 atom stereocenters. The Balaban J connectivity index is 2.04. The molecule has 1 heterocycles.